The maximum absolute atomic E-state index is 12.8. The van der Waals surface area contributed by atoms with Crippen LogP contribution in [0.15, 0.2) is 67.0 Å². The fraction of sp³-hybridized carbons (Fsp3) is 0.310. The highest BCUT2D eigenvalue weighted by Crippen LogP contribution is 2.25. The summed E-state index contributed by atoms with van der Waals surface area (Å²) in [6.07, 6.45) is -1.60. The van der Waals surface area contributed by atoms with Crippen molar-refractivity contribution < 1.29 is 27.9 Å². The van der Waals surface area contributed by atoms with Gasteiger partial charge in [0, 0.05) is 67.8 Å². The second-order valence-electron chi connectivity index (χ2n) is 9.88. The van der Waals surface area contributed by atoms with E-state index in [1.54, 1.807) is 23.0 Å². The van der Waals surface area contributed by atoms with E-state index in [1.807, 2.05) is 30.5 Å². The number of carboxylic acids is 1. The van der Waals surface area contributed by atoms with Crippen LogP contribution >= 0.6 is 0 Å². The molecule has 42 heavy (non-hydrogen) atoms. The van der Waals surface area contributed by atoms with Crippen molar-refractivity contribution in [3.8, 4) is 5.82 Å². The molecule has 0 atom stereocenters. The van der Waals surface area contributed by atoms with Crippen molar-refractivity contribution in [3.63, 3.8) is 0 Å². The lowest BCUT2D eigenvalue weighted by atomic mass is 10.2. The maximum atomic E-state index is 12.8. The van der Waals surface area contributed by atoms with Crippen LogP contribution in [0.1, 0.15) is 15.9 Å². The van der Waals surface area contributed by atoms with Crippen LogP contribution in [0.3, 0.4) is 0 Å². The number of anilines is 2. The number of aliphatic carboxylic acids is 1. The summed E-state index contributed by atoms with van der Waals surface area (Å²) in [6, 6.07) is 17.8. The van der Waals surface area contributed by atoms with Gasteiger partial charge in [0.2, 0.25) is 0 Å². The Morgan fingerprint density at radius 3 is 2.43 bits per heavy atom. The van der Waals surface area contributed by atoms with Crippen LogP contribution in [-0.2, 0) is 4.79 Å². The number of aryl methyl sites for hydroxylation is 1. The van der Waals surface area contributed by atoms with E-state index in [-0.39, 0.29) is 5.91 Å². The summed E-state index contributed by atoms with van der Waals surface area (Å²) in [6.45, 7) is 7.80. The number of nitrogens with one attached hydrogen (secondary N) is 2. The molecule has 2 aromatic carbocycles. The Hall–Kier alpha value is -4.49. The summed E-state index contributed by atoms with van der Waals surface area (Å²) in [7, 11) is 2.14. The number of carboxylic acid groups (broad SMARTS) is 1. The number of nitrogens with zero attached hydrogens (tertiary/aromatic N) is 5. The molecular formula is C29H32F3N7O3. The first-order valence-corrected chi connectivity index (χ1v) is 13.3. The minimum Gasteiger partial charge on any atom is -0.475 e. The summed E-state index contributed by atoms with van der Waals surface area (Å²) in [5.74, 6) is -2.23. The number of halogens is 3. The van der Waals surface area contributed by atoms with Crippen LogP contribution < -0.4 is 10.6 Å². The minimum absolute atomic E-state index is 0.0936. The number of aromatic nitrogens is 3. The van der Waals surface area contributed by atoms with Gasteiger partial charge in [-0.25, -0.2) is 14.5 Å². The number of amides is 1. The number of hydrogen-bond acceptors (Lipinski definition) is 7. The SMILES string of the molecule is Cc1ccccc1Nc1ccc2c(cnn2-c2cc(C(=O)NCCN3CCN(C)CC3)ccn2)c1.O=C(O)C(F)(F)F. The number of pyridine rings is 1. The van der Waals surface area contributed by atoms with Gasteiger partial charge in [0.25, 0.3) is 5.91 Å². The van der Waals surface area contributed by atoms with Gasteiger partial charge in [0.05, 0.1) is 11.7 Å². The van der Waals surface area contributed by atoms with Crippen molar-refractivity contribution in [2.24, 2.45) is 0 Å². The van der Waals surface area contributed by atoms with Gasteiger partial charge in [-0.1, -0.05) is 18.2 Å². The fourth-order valence-corrected chi connectivity index (χ4v) is 4.34. The molecule has 1 amide bonds. The Morgan fingerprint density at radius 1 is 1.02 bits per heavy atom. The standard InChI is InChI=1S/C27H31N7O.C2HF3O2/c1-20-5-3-4-6-24(20)31-23-7-8-25-22(17-23)19-30-34(25)26-18-21(9-10-28-26)27(35)29-11-12-33-15-13-32(2)14-16-33;3-2(4,5)1(6)7/h3-10,17-19,31H,11-16H2,1-2H3,(H,29,35);(H,6,7). The Morgan fingerprint density at radius 2 is 1.74 bits per heavy atom. The Balaban J connectivity index is 0.000000517. The van der Waals surface area contributed by atoms with Gasteiger partial charge in [0.1, 0.15) is 0 Å². The van der Waals surface area contributed by atoms with Crippen molar-refractivity contribution in [2.75, 3.05) is 51.6 Å². The fourth-order valence-electron chi connectivity index (χ4n) is 4.34. The average molecular weight is 584 g/mol. The molecule has 0 saturated carbocycles. The topological polar surface area (TPSA) is 116 Å². The molecule has 0 radical (unpaired) electrons. The van der Waals surface area contributed by atoms with E-state index in [9.17, 15) is 18.0 Å². The average Bonchev–Trinajstić information content (AvgIpc) is 3.38. The zero-order valence-electron chi connectivity index (χ0n) is 23.2. The lowest BCUT2D eigenvalue weighted by molar-refractivity contribution is -0.192. The van der Waals surface area contributed by atoms with Gasteiger partial charge in [0.15, 0.2) is 5.82 Å². The highest BCUT2D eigenvalue weighted by atomic mass is 19.4. The first kappa shape index (κ1) is 30.5. The third kappa shape index (κ3) is 8.04. The Kier molecular flexibility index (Phi) is 9.76. The molecule has 3 heterocycles. The van der Waals surface area contributed by atoms with Crippen LogP contribution in [0, 0.1) is 6.92 Å². The van der Waals surface area contributed by atoms with Crippen LogP contribution in [0.25, 0.3) is 16.7 Å². The van der Waals surface area contributed by atoms with E-state index < -0.39 is 12.1 Å². The third-order valence-corrected chi connectivity index (χ3v) is 6.77. The largest absolute Gasteiger partial charge is 0.490 e. The smallest absolute Gasteiger partial charge is 0.475 e. The number of benzene rings is 2. The summed E-state index contributed by atoms with van der Waals surface area (Å²) in [5, 5.41) is 19.2. The van der Waals surface area contributed by atoms with E-state index in [0.29, 0.717) is 17.9 Å². The molecule has 13 heteroatoms. The van der Waals surface area contributed by atoms with E-state index >= 15 is 0 Å². The molecule has 0 spiro atoms. The molecule has 1 saturated heterocycles. The summed E-state index contributed by atoms with van der Waals surface area (Å²) in [5.41, 5.74) is 4.77. The van der Waals surface area contributed by atoms with Gasteiger partial charge >= 0.3 is 12.1 Å². The van der Waals surface area contributed by atoms with Crippen molar-refractivity contribution in [3.05, 3.63) is 78.1 Å². The number of para-hydroxylation sites is 1. The van der Waals surface area contributed by atoms with Crippen LogP contribution in [-0.4, -0.2) is 94.0 Å². The van der Waals surface area contributed by atoms with E-state index in [2.05, 4.69) is 62.7 Å². The van der Waals surface area contributed by atoms with Crippen LogP contribution in [0.4, 0.5) is 24.5 Å². The van der Waals surface area contributed by atoms with Gasteiger partial charge < -0.3 is 20.6 Å². The molecule has 0 aliphatic carbocycles. The highest BCUT2D eigenvalue weighted by Gasteiger charge is 2.38. The second kappa shape index (κ2) is 13.4. The minimum atomic E-state index is -5.08. The van der Waals surface area contributed by atoms with Gasteiger partial charge in [-0.2, -0.15) is 18.3 Å². The third-order valence-electron chi connectivity index (χ3n) is 6.77. The molecular weight excluding hydrogens is 551 g/mol. The molecule has 0 unspecified atom stereocenters. The number of hydrogen-bond donors (Lipinski definition) is 3. The first-order chi connectivity index (χ1) is 20.0. The molecule has 0 bridgehead atoms. The maximum Gasteiger partial charge on any atom is 0.490 e. The quantitative estimate of drug-likeness (QED) is 0.298. The Bertz CT molecular complexity index is 1530. The van der Waals surface area contributed by atoms with E-state index in [1.165, 1.54) is 5.56 Å². The molecule has 1 fully saturated rings. The number of likely N-dealkylation sites (N-methyl/N-ethyl adjacent to an activating group) is 1. The second-order valence-corrected chi connectivity index (χ2v) is 9.88. The first-order valence-electron chi connectivity index (χ1n) is 13.3. The van der Waals surface area contributed by atoms with Crippen molar-refractivity contribution >= 4 is 34.2 Å². The monoisotopic (exact) mass is 583 g/mol. The number of alkyl halides is 3. The normalized spacial score (nSPS) is 14.2. The molecule has 4 aromatic rings. The summed E-state index contributed by atoms with van der Waals surface area (Å²) >= 11 is 0. The van der Waals surface area contributed by atoms with Crippen LogP contribution in [0.2, 0.25) is 0 Å². The van der Waals surface area contributed by atoms with Gasteiger partial charge in [-0.15, -0.1) is 0 Å². The molecule has 10 nitrogen and oxygen atoms in total. The molecule has 1 aliphatic rings. The van der Waals surface area contributed by atoms with Crippen LogP contribution in [0.5, 0.6) is 0 Å². The molecule has 222 valence electrons. The van der Waals surface area contributed by atoms with Gasteiger partial charge in [-0.3, -0.25) is 9.69 Å². The molecule has 2 aromatic heterocycles. The number of carbonyl (C=O) groups excluding carboxylic acids is 1. The van der Waals surface area contributed by atoms with Crippen molar-refractivity contribution in [2.45, 2.75) is 13.1 Å². The van der Waals surface area contributed by atoms with Crippen molar-refractivity contribution in [1.29, 1.82) is 0 Å². The van der Waals surface area contributed by atoms with Gasteiger partial charge in [-0.05, 0) is 55.9 Å². The molecule has 5 rings (SSSR count). The number of carbonyl (C=O) groups is 2. The zero-order chi connectivity index (χ0) is 30.3. The highest BCUT2D eigenvalue weighted by molar-refractivity contribution is 5.94. The molecule has 3 N–H and O–H groups in total. The molecule has 1 aliphatic heterocycles. The van der Waals surface area contributed by atoms with E-state index in [0.717, 1.165) is 55.0 Å². The number of rotatable bonds is 7. The predicted octanol–water partition coefficient (Wildman–Crippen LogP) is 4.08. The predicted molar refractivity (Wildman–Crippen MR) is 153 cm³/mol. The van der Waals surface area contributed by atoms with E-state index in [4.69, 9.17) is 9.90 Å². The zero-order valence-corrected chi connectivity index (χ0v) is 23.2. The lowest BCUT2D eigenvalue weighted by Crippen LogP contribution is -2.46. The lowest BCUT2D eigenvalue weighted by Gasteiger charge is -2.32. The number of piperazine rings is 1. The van der Waals surface area contributed by atoms with Crippen molar-refractivity contribution in [1.82, 2.24) is 29.9 Å². The Labute approximate surface area is 240 Å². The summed E-state index contributed by atoms with van der Waals surface area (Å²) in [4.78, 5) is 30.8. The summed E-state index contributed by atoms with van der Waals surface area (Å²) < 4.78 is 33.5. The number of fused-ring (bicyclic) bond motifs is 1.